The van der Waals surface area contributed by atoms with Gasteiger partial charge in [-0.25, -0.2) is 4.98 Å². The minimum atomic E-state index is -2.84. The molecule has 8 heteroatoms. The Morgan fingerprint density at radius 1 is 1.42 bits per heavy atom. The molecule has 140 valence electrons. The third-order valence-corrected chi connectivity index (χ3v) is 5.22. The van der Waals surface area contributed by atoms with Crippen LogP contribution in [-0.2, 0) is 4.79 Å². The fourth-order valence-electron chi connectivity index (χ4n) is 2.99. The lowest BCUT2D eigenvalue weighted by molar-refractivity contribution is -0.116. The molecular weight excluding hydrogens is 360 g/mol. The second kappa shape index (κ2) is 8.55. The van der Waals surface area contributed by atoms with Crippen molar-refractivity contribution in [3.63, 3.8) is 0 Å². The maximum Gasteiger partial charge on any atom is 0.387 e. The van der Waals surface area contributed by atoms with Crippen LogP contribution >= 0.6 is 11.3 Å². The van der Waals surface area contributed by atoms with Crippen LogP contribution in [0.25, 0.3) is 11.3 Å². The Hall–Kier alpha value is -2.06. The number of alkyl halides is 2. The molecule has 1 fully saturated rings. The van der Waals surface area contributed by atoms with Gasteiger partial charge in [-0.3, -0.25) is 4.79 Å². The van der Waals surface area contributed by atoms with E-state index >= 15 is 0 Å². The lowest BCUT2D eigenvalue weighted by Crippen LogP contribution is -2.14. The molecule has 0 radical (unpaired) electrons. The quantitative estimate of drug-likeness (QED) is 0.760. The van der Waals surface area contributed by atoms with Gasteiger partial charge in [0.2, 0.25) is 5.91 Å². The van der Waals surface area contributed by atoms with Crippen LogP contribution in [0.15, 0.2) is 24.3 Å². The molecule has 1 aromatic carbocycles. The van der Waals surface area contributed by atoms with Gasteiger partial charge in [0.15, 0.2) is 5.13 Å². The highest BCUT2D eigenvalue weighted by atomic mass is 32.1. The van der Waals surface area contributed by atoms with E-state index in [9.17, 15) is 13.6 Å². The van der Waals surface area contributed by atoms with Crippen LogP contribution in [0.1, 0.15) is 24.1 Å². The number of thiazole rings is 1. The van der Waals surface area contributed by atoms with Crippen molar-refractivity contribution < 1.29 is 18.3 Å². The molecule has 1 saturated heterocycles. The highest BCUT2D eigenvalue weighted by molar-refractivity contribution is 7.16. The van der Waals surface area contributed by atoms with Crippen molar-refractivity contribution >= 4 is 22.4 Å². The van der Waals surface area contributed by atoms with Crippen LogP contribution in [-0.4, -0.2) is 30.6 Å². The summed E-state index contributed by atoms with van der Waals surface area (Å²) in [5.74, 6) is 0.646. The van der Waals surface area contributed by atoms with Gasteiger partial charge in [-0.1, -0.05) is 0 Å². The zero-order valence-corrected chi connectivity index (χ0v) is 15.2. The number of benzene rings is 1. The van der Waals surface area contributed by atoms with E-state index in [1.54, 1.807) is 12.1 Å². The van der Waals surface area contributed by atoms with Crippen molar-refractivity contribution in [2.75, 3.05) is 18.4 Å². The standard InChI is InChI=1S/C18H21F2N3O2S/c1-11-16(13-3-5-14(6-4-13)25-17(19)20)23-18(26-11)22-15(24)7-2-12-8-9-21-10-12/h3-6,12,17,21H,2,7-10H2,1H3,(H,22,23,24). The number of aryl methyl sites for hydroxylation is 1. The van der Waals surface area contributed by atoms with Gasteiger partial charge in [-0.2, -0.15) is 8.78 Å². The third kappa shape index (κ3) is 4.98. The first-order valence-electron chi connectivity index (χ1n) is 8.54. The number of amides is 1. The smallest absolute Gasteiger partial charge is 0.387 e. The zero-order valence-electron chi connectivity index (χ0n) is 14.4. The molecular formula is C18H21F2N3O2S. The summed E-state index contributed by atoms with van der Waals surface area (Å²) in [4.78, 5) is 17.5. The summed E-state index contributed by atoms with van der Waals surface area (Å²) in [5.41, 5.74) is 1.52. The van der Waals surface area contributed by atoms with Crippen LogP contribution in [0.5, 0.6) is 5.75 Å². The molecule has 5 nitrogen and oxygen atoms in total. The van der Waals surface area contributed by atoms with E-state index in [1.807, 2.05) is 6.92 Å². The van der Waals surface area contributed by atoms with Gasteiger partial charge in [0.25, 0.3) is 0 Å². The molecule has 0 spiro atoms. The Kier molecular flexibility index (Phi) is 6.16. The number of hydrogen-bond acceptors (Lipinski definition) is 5. The number of rotatable bonds is 7. The number of hydrogen-bond donors (Lipinski definition) is 2. The number of carbonyl (C=O) groups is 1. The monoisotopic (exact) mass is 381 g/mol. The SMILES string of the molecule is Cc1sc(NC(=O)CCC2CCNC2)nc1-c1ccc(OC(F)F)cc1. The van der Waals surface area contributed by atoms with E-state index in [1.165, 1.54) is 23.5 Å². The summed E-state index contributed by atoms with van der Waals surface area (Å²) in [6, 6.07) is 6.32. The molecule has 0 bridgehead atoms. The first-order valence-corrected chi connectivity index (χ1v) is 9.36. The van der Waals surface area contributed by atoms with Crippen LogP contribution in [0, 0.1) is 12.8 Å². The van der Waals surface area contributed by atoms with E-state index in [-0.39, 0.29) is 11.7 Å². The Bertz CT molecular complexity index is 743. The molecule has 1 aliphatic rings. The Morgan fingerprint density at radius 2 is 2.19 bits per heavy atom. The largest absolute Gasteiger partial charge is 0.435 e. The maximum atomic E-state index is 12.2. The van der Waals surface area contributed by atoms with Gasteiger partial charge in [0.1, 0.15) is 5.75 Å². The summed E-state index contributed by atoms with van der Waals surface area (Å²) in [5, 5.41) is 6.71. The average molecular weight is 381 g/mol. The number of nitrogens with zero attached hydrogens (tertiary/aromatic N) is 1. The number of aromatic nitrogens is 1. The summed E-state index contributed by atoms with van der Waals surface area (Å²) in [7, 11) is 0. The maximum absolute atomic E-state index is 12.2. The number of carbonyl (C=O) groups excluding carboxylic acids is 1. The molecule has 2 N–H and O–H groups in total. The number of anilines is 1. The van der Waals surface area contributed by atoms with Crippen LogP contribution in [0.4, 0.5) is 13.9 Å². The van der Waals surface area contributed by atoms with E-state index in [0.717, 1.165) is 42.1 Å². The van der Waals surface area contributed by atoms with Gasteiger partial charge >= 0.3 is 6.61 Å². The summed E-state index contributed by atoms with van der Waals surface area (Å²) in [6.07, 6.45) is 2.49. The predicted octanol–water partition coefficient (Wildman–Crippen LogP) is 4.05. The van der Waals surface area contributed by atoms with Gasteiger partial charge in [-0.15, -0.1) is 11.3 Å². The molecule has 26 heavy (non-hydrogen) atoms. The van der Waals surface area contributed by atoms with Crippen molar-refractivity contribution in [3.05, 3.63) is 29.1 Å². The normalized spacial score (nSPS) is 16.8. The number of nitrogens with one attached hydrogen (secondary N) is 2. The van der Waals surface area contributed by atoms with E-state index in [2.05, 4.69) is 20.4 Å². The number of halogens is 2. The fraction of sp³-hybridized carbons (Fsp3) is 0.444. The van der Waals surface area contributed by atoms with Crippen LogP contribution in [0.2, 0.25) is 0 Å². The molecule has 3 rings (SSSR count). The predicted molar refractivity (Wildman–Crippen MR) is 97.8 cm³/mol. The van der Waals surface area contributed by atoms with Crippen molar-refractivity contribution in [1.29, 1.82) is 0 Å². The minimum Gasteiger partial charge on any atom is -0.435 e. The molecule has 0 aliphatic carbocycles. The van der Waals surface area contributed by atoms with Gasteiger partial charge in [0.05, 0.1) is 5.69 Å². The molecule has 0 saturated carbocycles. The first kappa shape index (κ1) is 18.7. The highest BCUT2D eigenvalue weighted by Gasteiger charge is 2.17. The van der Waals surface area contributed by atoms with Crippen LogP contribution in [0.3, 0.4) is 0 Å². The van der Waals surface area contributed by atoms with E-state index in [4.69, 9.17) is 0 Å². The van der Waals surface area contributed by atoms with Crippen molar-refractivity contribution in [2.45, 2.75) is 32.8 Å². The minimum absolute atomic E-state index is 0.0297. The fourth-order valence-corrected chi connectivity index (χ4v) is 3.84. The molecule has 1 aliphatic heterocycles. The van der Waals surface area contributed by atoms with Crippen molar-refractivity contribution in [3.8, 4) is 17.0 Å². The zero-order chi connectivity index (χ0) is 18.5. The van der Waals surface area contributed by atoms with Gasteiger partial charge in [-0.05, 0) is 63.0 Å². The van der Waals surface area contributed by atoms with Crippen molar-refractivity contribution in [1.82, 2.24) is 10.3 Å². The summed E-state index contributed by atoms with van der Waals surface area (Å²) in [6.45, 7) is 1.08. The topological polar surface area (TPSA) is 63.2 Å². The molecule has 1 aromatic heterocycles. The summed E-state index contributed by atoms with van der Waals surface area (Å²) < 4.78 is 28.8. The third-order valence-electron chi connectivity index (χ3n) is 4.34. The lowest BCUT2D eigenvalue weighted by Gasteiger charge is -2.07. The van der Waals surface area contributed by atoms with Crippen molar-refractivity contribution in [2.24, 2.45) is 5.92 Å². The lowest BCUT2D eigenvalue weighted by atomic mass is 10.0. The first-order chi connectivity index (χ1) is 12.5. The van der Waals surface area contributed by atoms with E-state index < -0.39 is 6.61 Å². The molecule has 1 amide bonds. The molecule has 2 aromatic rings. The van der Waals surface area contributed by atoms with Crippen LogP contribution < -0.4 is 15.4 Å². The molecule has 2 heterocycles. The Balaban J connectivity index is 1.60. The Labute approximate surface area is 154 Å². The van der Waals surface area contributed by atoms with Gasteiger partial charge in [0, 0.05) is 16.9 Å². The second-order valence-corrected chi connectivity index (χ2v) is 7.48. The average Bonchev–Trinajstić information content (AvgIpc) is 3.23. The van der Waals surface area contributed by atoms with E-state index in [0.29, 0.717) is 17.5 Å². The Morgan fingerprint density at radius 3 is 2.85 bits per heavy atom. The molecule has 1 atom stereocenters. The van der Waals surface area contributed by atoms with Gasteiger partial charge < -0.3 is 15.4 Å². The highest BCUT2D eigenvalue weighted by Crippen LogP contribution is 2.31. The number of ether oxygens (including phenoxy) is 1. The second-order valence-electron chi connectivity index (χ2n) is 6.27. The summed E-state index contributed by atoms with van der Waals surface area (Å²) >= 11 is 1.40. The molecule has 1 unspecified atom stereocenters.